The zero-order valence-corrected chi connectivity index (χ0v) is 10.6. The molecule has 7 heteroatoms. The van der Waals surface area contributed by atoms with E-state index in [1.54, 1.807) is 6.92 Å². The van der Waals surface area contributed by atoms with Crippen LogP contribution in [0, 0.1) is 0 Å². The third-order valence-electron chi connectivity index (χ3n) is 2.03. The molecule has 0 saturated heterocycles. The van der Waals surface area contributed by atoms with Gasteiger partial charge in [0.05, 0.1) is 11.6 Å². The number of primary amides is 1. The minimum Gasteiger partial charge on any atom is -0.368 e. The molecular weight excluding hydrogens is 265 g/mol. The topological polar surface area (TPSA) is 76.3 Å². The lowest BCUT2D eigenvalue weighted by molar-refractivity contribution is -0.118. The number of likely N-dealkylation sites (N-methyl/N-ethyl adjacent to an activating group) is 1. The molecule has 5 nitrogen and oxygen atoms in total. The summed E-state index contributed by atoms with van der Waals surface area (Å²) in [6.07, 6.45) is 0. The zero-order chi connectivity index (χ0) is 13.0. The van der Waals surface area contributed by atoms with Crippen molar-refractivity contribution in [2.45, 2.75) is 6.92 Å². The summed E-state index contributed by atoms with van der Waals surface area (Å²) in [5.74, 6) is -1.07. The molecule has 2 amide bonds. The Hall–Kier alpha value is -1.33. The van der Waals surface area contributed by atoms with E-state index in [-0.39, 0.29) is 22.4 Å². The number of rotatable bonds is 4. The maximum Gasteiger partial charge on any atom is 0.274 e. The van der Waals surface area contributed by atoms with E-state index >= 15 is 0 Å². The first-order chi connectivity index (χ1) is 7.95. The molecule has 1 aromatic heterocycles. The molecule has 92 valence electrons. The van der Waals surface area contributed by atoms with Gasteiger partial charge in [-0.1, -0.05) is 23.2 Å². The van der Waals surface area contributed by atoms with Crippen LogP contribution < -0.4 is 5.73 Å². The summed E-state index contributed by atoms with van der Waals surface area (Å²) in [6, 6.07) is 2.95. The smallest absolute Gasteiger partial charge is 0.274 e. The van der Waals surface area contributed by atoms with E-state index in [1.165, 1.54) is 17.0 Å². The van der Waals surface area contributed by atoms with E-state index in [1.807, 2.05) is 0 Å². The van der Waals surface area contributed by atoms with Crippen LogP contribution in [0.3, 0.4) is 0 Å². The highest BCUT2D eigenvalue weighted by atomic mass is 35.5. The average molecular weight is 276 g/mol. The third kappa shape index (κ3) is 3.57. The molecule has 0 aliphatic carbocycles. The molecule has 0 unspecified atom stereocenters. The molecule has 2 N–H and O–H groups in total. The highest BCUT2D eigenvalue weighted by molar-refractivity contribution is 6.34. The monoisotopic (exact) mass is 275 g/mol. The number of carbonyl (C=O) groups excluding carboxylic acids is 2. The Morgan fingerprint density at radius 2 is 2.06 bits per heavy atom. The number of nitrogens with two attached hydrogens (primary N) is 1. The van der Waals surface area contributed by atoms with Crippen molar-refractivity contribution in [3.8, 4) is 0 Å². The first kappa shape index (κ1) is 13.7. The van der Waals surface area contributed by atoms with Gasteiger partial charge in [0.15, 0.2) is 0 Å². The van der Waals surface area contributed by atoms with Gasteiger partial charge in [-0.05, 0) is 19.1 Å². The Morgan fingerprint density at radius 1 is 1.41 bits per heavy atom. The Morgan fingerprint density at radius 3 is 2.59 bits per heavy atom. The standard InChI is InChI=1S/C10H11Cl2N3O2/c1-2-15(5-8(13)16)10(17)9-6(11)3-4-7(12)14-9/h3-4H,2,5H2,1H3,(H2,13,16). The molecular formula is C10H11Cl2N3O2. The van der Waals surface area contributed by atoms with Crippen molar-refractivity contribution >= 4 is 35.0 Å². The molecule has 0 saturated carbocycles. The van der Waals surface area contributed by atoms with Gasteiger partial charge in [-0.2, -0.15) is 0 Å². The fourth-order valence-electron chi connectivity index (χ4n) is 1.23. The molecule has 0 aromatic carbocycles. The number of aromatic nitrogens is 1. The van der Waals surface area contributed by atoms with Gasteiger partial charge in [-0.25, -0.2) is 4.98 Å². The quantitative estimate of drug-likeness (QED) is 0.843. The summed E-state index contributed by atoms with van der Waals surface area (Å²) in [5, 5.41) is 0.343. The van der Waals surface area contributed by atoms with Crippen molar-refractivity contribution in [3.05, 3.63) is 28.0 Å². The maximum atomic E-state index is 12.0. The first-order valence-electron chi connectivity index (χ1n) is 4.85. The van der Waals surface area contributed by atoms with Crippen LogP contribution >= 0.6 is 23.2 Å². The van der Waals surface area contributed by atoms with Crippen molar-refractivity contribution in [1.82, 2.24) is 9.88 Å². The molecule has 0 atom stereocenters. The van der Waals surface area contributed by atoms with Crippen LogP contribution in [-0.4, -0.2) is 34.8 Å². The van der Waals surface area contributed by atoms with Crippen molar-refractivity contribution in [1.29, 1.82) is 0 Å². The number of carbonyl (C=O) groups is 2. The van der Waals surface area contributed by atoms with E-state index in [9.17, 15) is 9.59 Å². The van der Waals surface area contributed by atoms with Crippen LogP contribution in [0.15, 0.2) is 12.1 Å². The fourth-order valence-corrected chi connectivity index (χ4v) is 1.57. The summed E-state index contributed by atoms with van der Waals surface area (Å²) in [5.41, 5.74) is 5.06. The van der Waals surface area contributed by atoms with E-state index in [0.29, 0.717) is 6.54 Å². The number of nitrogens with zero attached hydrogens (tertiary/aromatic N) is 2. The second kappa shape index (κ2) is 5.84. The van der Waals surface area contributed by atoms with Gasteiger partial charge >= 0.3 is 0 Å². The third-order valence-corrected chi connectivity index (χ3v) is 2.55. The molecule has 17 heavy (non-hydrogen) atoms. The summed E-state index contributed by atoms with van der Waals surface area (Å²) in [7, 11) is 0. The Labute approximate surface area is 109 Å². The Kier molecular flexibility index (Phi) is 4.72. The van der Waals surface area contributed by atoms with Crippen LogP contribution in [0.4, 0.5) is 0 Å². The van der Waals surface area contributed by atoms with E-state index in [4.69, 9.17) is 28.9 Å². The molecule has 0 radical (unpaired) electrons. The van der Waals surface area contributed by atoms with Crippen LogP contribution in [0.2, 0.25) is 10.2 Å². The summed E-state index contributed by atoms with van der Waals surface area (Å²) >= 11 is 11.5. The molecule has 1 aromatic rings. The van der Waals surface area contributed by atoms with E-state index in [0.717, 1.165) is 0 Å². The predicted octanol–water partition coefficient (Wildman–Crippen LogP) is 1.34. The lowest BCUT2D eigenvalue weighted by Gasteiger charge is -2.18. The largest absolute Gasteiger partial charge is 0.368 e. The lowest BCUT2D eigenvalue weighted by atomic mass is 10.3. The van der Waals surface area contributed by atoms with Crippen LogP contribution in [0.1, 0.15) is 17.4 Å². The molecule has 0 aliphatic rings. The second-order valence-corrected chi connectivity index (χ2v) is 4.04. The van der Waals surface area contributed by atoms with E-state index < -0.39 is 11.8 Å². The molecule has 1 rings (SSSR count). The maximum absolute atomic E-state index is 12.0. The first-order valence-corrected chi connectivity index (χ1v) is 5.61. The van der Waals surface area contributed by atoms with Crippen molar-refractivity contribution < 1.29 is 9.59 Å². The van der Waals surface area contributed by atoms with Gasteiger partial charge < -0.3 is 10.6 Å². The van der Waals surface area contributed by atoms with Gasteiger partial charge in [-0.3, -0.25) is 9.59 Å². The summed E-state index contributed by atoms with van der Waals surface area (Å²) in [6.45, 7) is 1.87. The number of amides is 2. The van der Waals surface area contributed by atoms with Gasteiger partial charge in [-0.15, -0.1) is 0 Å². The SMILES string of the molecule is CCN(CC(N)=O)C(=O)c1nc(Cl)ccc1Cl. The molecule has 0 spiro atoms. The predicted molar refractivity (Wildman–Crippen MR) is 65.0 cm³/mol. The van der Waals surface area contributed by atoms with Crippen molar-refractivity contribution in [3.63, 3.8) is 0 Å². The minimum absolute atomic E-state index is 0.0160. The molecule has 0 bridgehead atoms. The Bertz CT molecular complexity index is 451. The van der Waals surface area contributed by atoms with Crippen molar-refractivity contribution in [2.75, 3.05) is 13.1 Å². The van der Waals surface area contributed by atoms with Crippen LogP contribution in [0.5, 0.6) is 0 Å². The van der Waals surface area contributed by atoms with E-state index in [2.05, 4.69) is 4.98 Å². The molecule has 0 aliphatic heterocycles. The number of hydrogen-bond acceptors (Lipinski definition) is 3. The minimum atomic E-state index is -0.599. The van der Waals surface area contributed by atoms with Gasteiger partial charge in [0.25, 0.3) is 5.91 Å². The molecule has 1 heterocycles. The highest BCUT2D eigenvalue weighted by Crippen LogP contribution is 2.18. The second-order valence-electron chi connectivity index (χ2n) is 3.25. The van der Waals surface area contributed by atoms with Gasteiger partial charge in [0, 0.05) is 6.54 Å². The number of pyridine rings is 1. The highest BCUT2D eigenvalue weighted by Gasteiger charge is 2.20. The average Bonchev–Trinajstić information content (AvgIpc) is 2.28. The summed E-state index contributed by atoms with van der Waals surface area (Å²) in [4.78, 5) is 27.9. The van der Waals surface area contributed by atoms with Gasteiger partial charge in [0.1, 0.15) is 10.8 Å². The molecule has 0 fully saturated rings. The number of halogens is 2. The lowest BCUT2D eigenvalue weighted by Crippen LogP contribution is -2.38. The van der Waals surface area contributed by atoms with Gasteiger partial charge in [0.2, 0.25) is 5.91 Å². The normalized spacial score (nSPS) is 10.1. The zero-order valence-electron chi connectivity index (χ0n) is 9.11. The fraction of sp³-hybridized carbons (Fsp3) is 0.300. The summed E-state index contributed by atoms with van der Waals surface area (Å²) < 4.78 is 0. The van der Waals surface area contributed by atoms with Crippen LogP contribution in [0.25, 0.3) is 0 Å². The number of hydrogen-bond donors (Lipinski definition) is 1. The Balaban J connectivity index is 3.01. The van der Waals surface area contributed by atoms with Crippen molar-refractivity contribution in [2.24, 2.45) is 5.73 Å². The van der Waals surface area contributed by atoms with Crippen LogP contribution in [-0.2, 0) is 4.79 Å².